The van der Waals surface area contributed by atoms with Crippen LogP contribution in [0.15, 0.2) is 11.2 Å². The topological polar surface area (TPSA) is 84.3 Å². The molecular weight excluding hydrogens is 388 g/mol. The molecule has 4 aliphatic carbocycles. The van der Waals surface area contributed by atoms with Crippen molar-refractivity contribution >= 4 is 15.9 Å². The molecule has 1 aromatic heterocycles. The van der Waals surface area contributed by atoms with Crippen molar-refractivity contribution in [3.63, 3.8) is 0 Å². The third kappa shape index (κ3) is 3.42. The molecule has 4 bridgehead atoms. The molecule has 1 saturated heterocycles. The van der Waals surface area contributed by atoms with Gasteiger partial charge in [0.2, 0.25) is 5.91 Å². The average molecular weight is 421 g/mol. The van der Waals surface area contributed by atoms with E-state index in [1.807, 2.05) is 0 Å². The molecule has 0 unspecified atom stereocenters. The summed E-state index contributed by atoms with van der Waals surface area (Å²) in [5.74, 6) is 3.15. The molecule has 6 rings (SSSR count). The van der Waals surface area contributed by atoms with Gasteiger partial charge in [0.25, 0.3) is 10.0 Å². The van der Waals surface area contributed by atoms with Crippen molar-refractivity contribution in [1.29, 1.82) is 0 Å². The number of piperidine rings is 1. The van der Waals surface area contributed by atoms with E-state index in [2.05, 4.69) is 10.3 Å². The number of nitrogens with zero attached hydrogens (tertiary/aromatic N) is 3. The SMILES string of the molecule is Cc1nc(S(=O)(=O)N2CCC(C(=O)NC34CC5CC(CC(C5)C3)C4)CC2)cn1C. The third-order valence-corrected chi connectivity index (χ3v) is 9.71. The maximum atomic E-state index is 13.1. The van der Waals surface area contributed by atoms with Crippen molar-refractivity contribution in [2.24, 2.45) is 30.7 Å². The third-order valence-electron chi connectivity index (χ3n) is 7.94. The Balaban J connectivity index is 1.21. The highest BCUT2D eigenvalue weighted by Gasteiger charge is 2.52. The summed E-state index contributed by atoms with van der Waals surface area (Å²) in [6.45, 7) is 2.56. The van der Waals surface area contributed by atoms with E-state index in [0.717, 1.165) is 37.0 Å². The maximum absolute atomic E-state index is 13.1. The van der Waals surface area contributed by atoms with Crippen molar-refractivity contribution in [1.82, 2.24) is 19.2 Å². The molecule has 1 aliphatic heterocycles. The van der Waals surface area contributed by atoms with Crippen LogP contribution >= 0.6 is 0 Å². The van der Waals surface area contributed by atoms with E-state index in [1.54, 1.807) is 24.7 Å². The first-order chi connectivity index (χ1) is 13.7. The Kier molecular flexibility index (Phi) is 4.59. The lowest BCUT2D eigenvalue weighted by atomic mass is 9.53. The molecular formula is C21H32N4O3S. The quantitative estimate of drug-likeness (QED) is 0.809. The Bertz CT molecular complexity index is 860. The lowest BCUT2D eigenvalue weighted by Crippen LogP contribution is -2.61. The normalized spacial score (nSPS) is 35.2. The van der Waals surface area contributed by atoms with Gasteiger partial charge in [0.1, 0.15) is 5.82 Å². The number of carbonyl (C=O) groups is 1. The van der Waals surface area contributed by atoms with Crippen LogP contribution in [0.4, 0.5) is 0 Å². The Morgan fingerprint density at radius 3 is 2.14 bits per heavy atom. The van der Waals surface area contributed by atoms with Gasteiger partial charge in [-0.25, -0.2) is 13.4 Å². The fourth-order valence-electron chi connectivity index (χ4n) is 6.77. The number of aromatic nitrogens is 2. The minimum atomic E-state index is -3.59. The van der Waals surface area contributed by atoms with Gasteiger partial charge < -0.3 is 9.88 Å². The van der Waals surface area contributed by atoms with E-state index in [-0.39, 0.29) is 22.4 Å². The second kappa shape index (κ2) is 6.80. The van der Waals surface area contributed by atoms with Crippen LogP contribution in [0.3, 0.4) is 0 Å². The van der Waals surface area contributed by atoms with E-state index >= 15 is 0 Å². The number of amides is 1. The molecule has 1 aromatic rings. The second-order valence-corrected chi connectivity index (χ2v) is 12.0. The zero-order chi connectivity index (χ0) is 20.4. The maximum Gasteiger partial charge on any atom is 0.262 e. The zero-order valence-electron chi connectivity index (χ0n) is 17.4. The van der Waals surface area contributed by atoms with E-state index < -0.39 is 10.0 Å². The molecule has 1 N–H and O–H groups in total. The lowest BCUT2D eigenvalue weighted by Gasteiger charge is -2.57. The highest BCUT2D eigenvalue weighted by Crippen LogP contribution is 2.55. The minimum absolute atomic E-state index is 0.0283. The molecule has 2 heterocycles. The first-order valence-corrected chi connectivity index (χ1v) is 12.5. The average Bonchev–Trinajstić information content (AvgIpc) is 3.00. The van der Waals surface area contributed by atoms with Crippen LogP contribution in [0, 0.1) is 30.6 Å². The van der Waals surface area contributed by atoms with Crippen LogP contribution < -0.4 is 5.32 Å². The summed E-state index contributed by atoms with van der Waals surface area (Å²) in [5, 5.41) is 3.57. The molecule has 29 heavy (non-hydrogen) atoms. The molecule has 4 saturated carbocycles. The molecule has 5 aliphatic rings. The molecule has 1 amide bonds. The predicted molar refractivity (Wildman–Crippen MR) is 108 cm³/mol. The number of aryl methyl sites for hydroxylation is 2. The summed E-state index contributed by atoms with van der Waals surface area (Å²) in [6.07, 6.45) is 10.3. The Hall–Kier alpha value is -1.41. The standard InChI is InChI=1S/C21H32N4O3S/c1-14-22-19(13-24(14)2)29(27,28)25-5-3-18(4-6-25)20(26)23-21-10-15-7-16(11-21)9-17(8-15)12-21/h13,15-18H,3-12H2,1-2H3,(H,23,26). The summed E-state index contributed by atoms with van der Waals surface area (Å²) >= 11 is 0. The van der Waals surface area contributed by atoms with Crippen molar-refractivity contribution in [3.8, 4) is 0 Å². The molecule has 0 aromatic carbocycles. The summed E-state index contributed by atoms with van der Waals surface area (Å²) < 4.78 is 29.0. The van der Waals surface area contributed by atoms with Gasteiger partial charge >= 0.3 is 0 Å². The van der Waals surface area contributed by atoms with Gasteiger partial charge in [-0.1, -0.05) is 0 Å². The summed E-state index contributed by atoms with van der Waals surface area (Å²) in [6, 6.07) is 0. The van der Waals surface area contributed by atoms with E-state index in [0.29, 0.717) is 31.8 Å². The van der Waals surface area contributed by atoms with Gasteiger partial charge in [-0.15, -0.1) is 0 Å². The molecule has 7 nitrogen and oxygen atoms in total. The van der Waals surface area contributed by atoms with Gasteiger partial charge in [0.15, 0.2) is 5.03 Å². The fraction of sp³-hybridized carbons (Fsp3) is 0.810. The van der Waals surface area contributed by atoms with Crippen LogP contribution in [-0.2, 0) is 21.9 Å². The number of nitrogens with one attached hydrogen (secondary N) is 1. The van der Waals surface area contributed by atoms with E-state index in [9.17, 15) is 13.2 Å². The summed E-state index contributed by atoms with van der Waals surface area (Å²) in [5.41, 5.74) is 0.0283. The zero-order valence-corrected chi connectivity index (χ0v) is 18.2. The van der Waals surface area contributed by atoms with E-state index in [1.165, 1.54) is 23.6 Å². The smallest absolute Gasteiger partial charge is 0.262 e. The fourth-order valence-corrected chi connectivity index (χ4v) is 8.26. The van der Waals surface area contributed by atoms with Crippen LogP contribution in [-0.4, -0.2) is 46.8 Å². The summed E-state index contributed by atoms with van der Waals surface area (Å²) in [4.78, 5) is 17.2. The van der Waals surface area contributed by atoms with Crippen molar-refractivity contribution < 1.29 is 13.2 Å². The Morgan fingerprint density at radius 1 is 1.10 bits per heavy atom. The van der Waals surface area contributed by atoms with Gasteiger partial charge in [-0.05, 0) is 76.0 Å². The van der Waals surface area contributed by atoms with Gasteiger partial charge in [-0.3, -0.25) is 4.79 Å². The number of hydrogen-bond acceptors (Lipinski definition) is 4. The van der Waals surface area contributed by atoms with Crippen LogP contribution in [0.1, 0.15) is 57.2 Å². The van der Waals surface area contributed by atoms with Crippen LogP contribution in [0.5, 0.6) is 0 Å². The van der Waals surface area contributed by atoms with Crippen molar-refractivity contribution in [3.05, 3.63) is 12.0 Å². The molecule has 8 heteroatoms. The summed E-state index contributed by atoms with van der Waals surface area (Å²) in [7, 11) is -1.79. The second-order valence-electron chi connectivity index (χ2n) is 10.1. The van der Waals surface area contributed by atoms with Gasteiger partial charge in [0, 0.05) is 37.8 Å². The van der Waals surface area contributed by atoms with Crippen LogP contribution in [0.2, 0.25) is 0 Å². The molecule has 160 valence electrons. The highest BCUT2D eigenvalue weighted by atomic mass is 32.2. The number of rotatable bonds is 4. The number of hydrogen-bond donors (Lipinski definition) is 1. The number of sulfonamides is 1. The number of carbonyl (C=O) groups excluding carboxylic acids is 1. The Labute approximate surface area is 173 Å². The Morgan fingerprint density at radius 2 is 1.66 bits per heavy atom. The monoisotopic (exact) mass is 420 g/mol. The molecule has 0 atom stereocenters. The van der Waals surface area contributed by atoms with Crippen molar-refractivity contribution in [2.75, 3.05) is 13.1 Å². The molecule has 0 spiro atoms. The van der Waals surface area contributed by atoms with Gasteiger partial charge in [-0.2, -0.15) is 4.31 Å². The molecule has 0 radical (unpaired) electrons. The molecule has 5 fully saturated rings. The first-order valence-electron chi connectivity index (χ1n) is 11.1. The highest BCUT2D eigenvalue weighted by molar-refractivity contribution is 7.89. The lowest BCUT2D eigenvalue weighted by molar-refractivity contribution is -0.132. The first kappa shape index (κ1) is 19.5. The van der Waals surface area contributed by atoms with Gasteiger partial charge in [0.05, 0.1) is 0 Å². The minimum Gasteiger partial charge on any atom is -0.350 e. The largest absolute Gasteiger partial charge is 0.350 e. The number of imidazole rings is 1. The predicted octanol–water partition coefficient (Wildman–Crippen LogP) is 2.21. The van der Waals surface area contributed by atoms with Crippen LogP contribution in [0.25, 0.3) is 0 Å². The van der Waals surface area contributed by atoms with Crippen molar-refractivity contribution in [2.45, 2.75) is 68.9 Å². The van der Waals surface area contributed by atoms with E-state index in [4.69, 9.17) is 0 Å².